The second-order valence-corrected chi connectivity index (χ2v) is 1.36. The number of hydrogen-bond acceptors (Lipinski definition) is 3. The van der Waals surface area contributed by atoms with Crippen LogP contribution in [0.2, 0.25) is 0 Å². The third-order valence-corrected chi connectivity index (χ3v) is 0.792. The number of aromatic nitrogens is 2. The summed E-state index contributed by atoms with van der Waals surface area (Å²) < 4.78 is 1.17. The fraction of sp³-hybridized carbons (Fsp3) is 0. The minimum absolute atomic E-state index is 1.17. The van der Waals surface area contributed by atoms with E-state index in [1.165, 1.54) is 23.2 Å². The molecule has 0 unspecified atom stereocenters. The summed E-state index contributed by atoms with van der Waals surface area (Å²) in [6, 6.07) is 0. The van der Waals surface area contributed by atoms with Crippen molar-refractivity contribution in [1.82, 2.24) is 9.46 Å². The van der Waals surface area contributed by atoms with Crippen molar-refractivity contribution in [3.05, 3.63) is 18.7 Å². The van der Waals surface area contributed by atoms with Gasteiger partial charge < -0.3 is 14.5 Å². The second kappa shape index (κ2) is 1.98. The molecule has 2 N–H and O–H groups in total. The van der Waals surface area contributed by atoms with Crippen LogP contribution in [0.15, 0.2) is 18.7 Å². The summed E-state index contributed by atoms with van der Waals surface area (Å²) in [7, 11) is -1.46. The first-order valence-corrected chi connectivity index (χ1v) is 2.14. The number of nitrogens with zero attached hydrogens (tertiary/aromatic N) is 2. The molecule has 8 heavy (non-hydrogen) atoms. The minimum Gasteiger partial charge on any atom is -0.407 e. The Hall–Kier alpha value is -0.805. The molecule has 0 aliphatic rings. The Morgan fingerprint density at radius 1 is 1.50 bits per heavy atom. The molecule has 0 bridgehead atoms. The Labute approximate surface area is 46.6 Å². The molecule has 1 aromatic rings. The van der Waals surface area contributed by atoms with Gasteiger partial charge in [0.05, 0.1) is 6.33 Å². The molecule has 42 valence electrons. The maximum atomic E-state index is 8.39. The van der Waals surface area contributed by atoms with Crippen LogP contribution < -0.4 is 0 Å². The lowest BCUT2D eigenvalue weighted by Crippen LogP contribution is -2.21. The maximum Gasteiger partial charge on any atom is 0.592 e. The zero-order valence-electron chi connectivity index (χ0n) is 4.10. The van der Waals surface area contributed by atoms with Gasteiger partial charge in [0.15, 0.2) is 0 Å². The highest BCUT2D eigenvalue weighted by Gasteiger charge is 2.07. The Morgan fingerprint density at radius 2 is 2.25 bits per heavy atom. The molecule has 1 rings (SSSR count). The van der Waals surface area contributed by atoms with E-state index in [4.69, 9.17) is 10.0 Å². The first kappa shape index (κ1) is 5.33. The van der Waals surface area contributed by atoms with Gasteiger partial charge in [0.25, 0.3) is 0 Å². The summed E-state index contributed by atoms with van der Waals surface area (Å²) in [5.74, 6) is 0. The van der Waals surface area contributed by atoms with Gasteiger partial charge in [0, 0.05) is 12.4 Å². The lowest BCUT2D eigenvalue weighted by Gasteiger charge is -1.93. The third-order valence-electron chi connectivity index (χ3n) is 0.792. The molecule has 0 spiro atoms. The summed E-state index contributed by atoms with van der Waals surface area (Å²) in [5, 5.41) is 16.8. The van der Waals surface area contributed by atoms with Crippen LogP contribution in [0.4, 0.5) is 0 Å². The molecule has 0 amide bonds. The van der Waals surface area contributed by atoms with Crippen LogP contribution in [-0.2, 0) is 0 Å². The van der Waals surface area contributed by atoms with E-state index < -0.39 is 7.25 Å². The predicted molar refractivity (Wildman–Crippen MR) is 27.8 cm³/mol. The van der Waals surface area contributed by atoms with Crippen molar-refractivity contribution in [3.8, 4) is 0 Å². The fourth-order valence-corrected chi connectivity index (χ4v) is 0.406. The molecule has 0 saturated heterocycles. The molecular formula is C3H5BN2O2. The molecule has 0 aliphatic carbocycles. The third kappa shape index (κ3) is 0.880. The van der Waals surface area contributed by atoms with E-state index in [1.54, 1.807) is 0 Å². The summed E-state index contributed by atoms with van der Waals surface area (Å²) >= 11 is 0. The normalized spacial score (nSPS) is 9.25. The van der Waals surface area contributed by atoms with E-state index in [9.17, 15) is 0 Å². The van der Waals surface area contributed by atoms with Gasteiger partial charge in [-0.1, -0.05) is 0 Å². The van der Waals surface area contributed by atoms with E-state index in [1.807, 2.05) is 0 Å². The van der Waals surface area contributed by atoms with Gasteiger partial charge in [-0.25, -0.2) is 4.98 Å². The number of rotatable bonds is 1. The predicted octanol–water partition coefficient (Wildman–Crippen LogP) is -1.30. The van der Waals surface area contributed by atoms with Crippen molar-refractivity contribution in [1.29, 1.82) is 0 Å². The molecule has 5 heteroatoms. The van der Waals surface area contributed by atoms with Gasteiger partial charge >= 0.3 is 7.25 Å². The molecule has 4 nitrogen and oxygen atoms in total. The van der Waals surface area contributed by atoms with Gasteiger partial charge in [-0.05, 0) is 0 Å². The Kier molecular flexibility index (Phi) is 1.32. The average molecular weight is 112 g/mol. The topological polar surface area (TPSA) is 58.3 Å². The Bertz CT molecular complexity index is 150. The van der Waals surface area contributed by atoms with E-state index >= 15 is 0 Å². The monoisotopic (exact) mass is 112 g/mol. The van der Waals surface area contributed by atoms with Crippen LogP contribution >= 0.6 is 0 Å². The molecule has 0 aliphatic heterocycles. The quantitative estimate of drug-likeness (QED) is 0.444. The van der Waals surface area contributed by atoms with Crippen LogP contribution in [0.3, 0.4) is 0 Å². The van der Waals surface area contributed by atoms with E-state index in [0.717, 1.165) is 0 Å². The lowest BCUT2D eigenvalue weighted by molar-refractivity contribution is 0.391. The molecular weight excluding hydrogens is 107 g/mol. The zero-order chi connectivity index (χ0) is 5.98. The second-order valence-electron chi connectivity index (χ2n) is 1.36. The molecule has 0 atom stereocenters. The van der Waals surface area contributed by atoms with Gasteiger partial charge in [-0.15, -0.1) is 0 Å². The van der Waals surface area contributed by atoms with Crippen LogP contribution in [-0.4, -0.2) is 26.8 Å². The first-order chi connectivity index (χ1) is 3.80. The van der Waals surface area contributed by atoms with Gasteiger partial charge in [0.2, 0.25) is 0 Å². The highest BCUT2D eigenvalue weighted by molar-refractivity contribution is 6.38. The number of hydrogen-bond donors (Lipinski definition) is 2. The minimum atomic E-state index is -1.46. The van der Waals surface area contributed by atoms with Crippen LogP contribution in [0.25, 0.3) is 0 Å². The van der Waals surface area contributed by atoms with E-state index in [0.29, 0.717) is 0 Å². The number of imidazole rings is 1. The van der Waals surface area contributed by atoms with E-state index in [2.05, 4.69) is 4.98 Å². The van der Waals surface area contributed by atoms with Crippen LogP contribution in [0, 0.1) is 0 Å². The first-order valence-electron chi connectivity index (χ1n) is 2.14. The van der Waals surface area contributed by atoms with Gasteiger partial charge in [0.1, 0.15) is 0 Å². The molecule has 0 saturated carbocycles. The van der Waals surface area contributed by atoms with Crippen molar-refractivity contribution >= 4 is 7.25 Å². The average Bonchev–Trinajstić information content (AvgIpc) is 2.12. The highest BCUT2D eigenvalue weighted by atomic mass is 16.4. The SMILES string of the molecule is OB(O)n1ccnc1. The van der Waals surface area contributed by atoms with Crippen molar-refractivity contribution in [3.63, 3.8) is 0 Å². The summed E-state index contributed by atoms with van der Waals surface area (Å²) in [4.78, 5) is 3.59. The lowest BCUT2D eigenvalue weighted by atomic mass is 10.1. The maximum absolute atomic E-state index is 8.39. The van der Waals surface area contributed by atoms with Gasteiger partial charge in [-0.3, -0.25) is 0 Å². The van der Waals surface area contributed by atoms with Crippen molar-refractivity contribution < 1.29 is 10.0 Å². The molecule has 1 aromatic heterocycles. The summed E-state index contributed by atoms with van der Waals surface area (Å²) in [6.07, 6.45) is 4.26. The fourth-order valence-electron chi connectivity index (χ4n) is 0.406. The summed E-state index contributed by atoms with van der Waals surface area (Å²) in [6.45, 7) is 0. The smallest absolute Gasteiger partial charge is 0.407 e. The Balaban J connectivity index is 2.77. The van der Waals surface area contributed by atoms with Gasteiger partial charge in [-0.2, -0.15) is 0 Å². The van der Waals surface area contributed by atoms with Crippen LogP contribution in [0.1, 0.15) is 0 Å². The standard InChI is InChI=1S/C3H5BN2O2/c7-4(8)6-2-1-5-3-6/h1-3,7-8H. The Morgan fingerprint density at radius 3 is 2.50 bits per heavy atom. The molecule has 1 heterocycles. The molecule has 0 aromatic carbocycles. The molecule has 0 fully saturated rings. The largest absolute Gasteiger partial charge is 0.592 e. The van der Waals surface area contributed by atoms with Crippen molar-refractivity contribution in [2.24, 2.45) is 0 Å². The van der Waals surface area contributed by atoms with Crippen molar-refractivity contribution in [2.45, 2.75) is 0 Å². The van der Waals surface area contributed by atoms with Crippen molar-refractivity contribution in [2.75, 3.05) is 0 Å². The highest BCUT2D eigenvalue weighted by Crippen LogP contribution is 1.81. The summed E-state index contributed by atoms with van der Waals surface area (Å²) in [5.41, 5.74) is 0. The van der Waals surface area contributed by atoms with E-state index in [-0.39, 0.29) is 0 Å². The zero-order valence-corrected chi connectivity index (χ0v) is 4.10. The van der Waals surface area contributed by atoms with Crippen LogP contribution in [0.5, 0.6) is 0 Å². The molecule has 0 radical (unpaired) electrons.